The van der Waals surface area contributed by atoms with Crippen LogP contribution in [0, 0.1) is 0 Å². The fraction of sp³-hybridized carbons (Fsp3) is 0. The Kier molecular flexibility index (Phi) is 1.90. The highest BCUT2D eigenvalue weighted by Crippen LogP contribution is 2.11. The molecule has 2 rings (SSSR count). The molecule has 0 saturated carbocycles. The third-order valence-corrected chi connectivity index (χ3v) is 1.93. The van der Waals surface area contributed by atoms with Gasteiger partial charge >= 0.3 is 0 Å². The van der Waals surface area contributed by atoms with Gasteiger partial charge in [-0.15, -0.1) is 0 Å². The minimum atomic E-state index is -0.0452. The van der Waals surface area contributed by atoms with Crippen LogP contribution >= 0.6 is 11.6 Å². The van der Waals surface area contributed by atoms with Crippen LogP contribution in [0.5, 0.6) is 0 Å². The number of fused-ring (bicyclic) bond motifs is 1. The van der Waals surface area contributed by atoms with E-state index in [0.29, 0.717) is 5.82 Å². The van der Waals surface area contributed by atoms with Crippen LogP contribution in [0.3, 0.4) is 0 Å². The Balaban J connectivity index is 2.62. The molecule has 0 fully saturated rings. The first kappa shape index (κ1) is 8.07. The summed E-state index contributed by atoms with van der Waals surface area (Å²) in [4.78, 5) is 7.02. The number of oxime groups is 1. The van der Waals surface area contributed by atoms with Crippen molar-refractivity contribution in [3.8, 4) is 0 Å². The molecular weight excluding hydrogens is 190 g/mol. The lowest BCUT2D eigenvalue weighted by Crippen LogP contribution is -1.92. The molecule has 0 bridgehead atoms. The molecule has 5 heteroatoms. The van der Waals surface area contributed by atoms with E-state index >= 15 is 0 Å². The van der Waals surface area contributed by atoms with Crippen molar-refractivity contribution in [3.05, 3.63) is 30.1 Å². The van der Waals surface area contributed by atoms with Gasteiger partial charge in [-0.1, -0.05) is 28.9 Å². The van der Waals surface area contributed by atoms with E-state index in [2.05, 4.69) is 15.1 Å². The van der Waals surface area contributed by atoms with Crippen LogP contribution in [0.2, 0.25) is 0 Å². The predicted octanol–water partition coefficient (Wildman–Crippen LogP) is 1.94. The molecule has 4 nitrogen and oxygen atoms in total. The predicted molar refractivity (Wildman–Crippen MR) is 50.3 cm³/mol. The van der Waals surface area contributed by atoms with Crippen molar-refractivity contribution >= 4 is 27.8 Å². The second-order valence-corrected chi connectivity index (χ2v) is 2.85. The first-order chi connectivity index (χ1) is 6.31. The normalized spacial score (nSPS) is 12.2. The largest absolute Gasteiger partial charge is 0.410 e. The quantitative estimate of drug-likeness (QED) is 0.415. The number of aromatic amines is 1. The van der Waals surface area contributed by atoms with Crippen LogP contribution in [0.25, 0.3) is 11.0 Å². The second kappa shape index (κ2) is 3.06. The maximum absolute atomic E-state index is 8.41. The molecule has 0 atom stereocenters. The molecule has 1 heterocycles. The number of nitrogens with one attached hydrogen (secondary N) is 1. The molecule has 1 aromatic heterocycles. The summed E-state index contributed by atoms with van der Waals surface area (Å²) in [5, 5.41) is 11.2. The van der Waals surface area contributed by atoms with Crippen LogP contribution in [0.4, 0.5) is 0 Å². The first-order valence-corrected chi connectivity index (χ1v) is 4.02. The zero-order valence-electron chi connectivity index (χ0n) is 6.53. The Morgan fingerprint density at radius 2 is 2.23 bits per heavy atom. The zero-order chi connectivity index (χ0) is 9.26. The Labute approximate surface area is 78.9 Å². The number of para-hydroxylation sites is 2. The molecule has 0 aliphatic carbocycles. The van der Waals surface area contributed by atoms with Crippen molar-refractivity contribution in [1.82, 2.24) is 9.97 Å². The number of imidazole rings is 1. The van der Waals surface area contributed by atoms with E-state index in [9.17, 15) is 0 Å². The molecule has 0 amide bonds. The number of halogens is 1. The van der Waals surface area contributed by atoms with Gasteiger partial charge in [0, 0.05) is 0 Å². The molecule has 2 aromatic rings. The number of aromatic nitrogens is 2. The highest BCUT2D eigenvalue weighted by molar-refractivity contribution is 6.69. The summed E-state index contributed by atoms with van der Waals surface area (Å²) in [7, 11) is 0. The first-order valence-electron chi connectivity index (χ1n) is 3.64. The molecule has 1 aromatic carbocycles. The third-order valence-electron chi connectivity index (χ3n) is 1.67. The van der Waals surface area contributed by atoms with E-state index in [1.165, 1.54) is 0 Å². The van der Waals surface area contributed by atoms with Crippen LogP contribution in [0.15, 0.2) is 29.4 Å². The minimum absolute atomic E-state index is 0.0452. The molecule has 0 unspecified atom stereocenters. The second-order valence-electron chi connectivity index (χ2n) is 2.49. The van der Waals surface area contributed by atoms with E-state index in [-0.39, 0.29) is 5.17 Å². The van der Waals surface area contributed by atoms with Crippen molar-refractivity contribution in [3.63, 3.8) is 0 Å². The van der Waals surface area contributed by atoms with E-state index in [4.69, 9.17) is 16.8 Å². The summed E-state index contributed by atoms with van der Waals surface area (Å²) < 4.78 is 0. The van der Waals surface area contributed by atoms with Gasteiger partial charge < -0.3 is 10.2 Å². The average Bonchev–Trinajstić information content (AvgIpc) is 2.59. The molecular formula is C8H6ClN3O. The standard InChI is InChI=1S/C8H6ClN3O/c9-7(12-13)8-10-5-3-1-2-4-6(5)11-8/h1-4,13H,(H,10,11)/b12-7+. The summed E-state index contributed by atoms with van der Waals surface area (Å²) >= 11 is 5.57. The van der Waals surface area contributed by atoms with Gasteiger partial charge in [-0.25, -0.2) is 4.98 Å². The van der Waals surface area contributed by atoms with Crippen LogP contribution in [-0.2, 0) is 0 Å². The lowest BCUT2D eigenvalue weighted by Gasteiger charge is -1.85. The van der Waals surface area contributed by atoms with Gasteiger partial charge in [-0.2, -0.15) is 0 Å². The highest BCUT2D eigenvalue weighted by Gasteiger charge is 2.06. The van der Waals surface area contributed by atoms with Gasteiger partial charge in [-0.05, 0) is 12.1 Å². The van der Waals surface area contributed by atoms with Crippen molar-refractivity contribution in [1.29, 1.82) is 0 Å². The summed E-state index contributed by atoms with van der Waals surface area (Å²) in [6.45, 7) is 0. The van der Waals surface area contributed by atoms with Gasteiger partial charge in [0.15, 0.2) is 5.82 Å². The summed E-state index contributed by atoms with van der Waals surface area (Å²) in [5.41, 5.74) is 1.65. The van der Waals surface area contributed by atoms with E-state index in [1.807, 2.05) is 24.3 Å². The molecule has 0 saturated heterocycles. The Morgan fingerprint density at radius 3 is 2.92 bits per heavy atom. The Bertz CT molecular complexity index is 430. The monoisotopic (exact) mass is 195 g/mol. The number of H-pyrrole nitrogens is 1. The molecule has 0 aliphatic heterocycles. The van der Waals surface area contributed by atoms with Gasteiger partial charge in [-0.3, -0.25) is 0 Å². The highest BCUT2D eigenvalue weighted by atomic mass is 35.5. The van der Waals surface area contributed by atoms with Gasteiger partial charge in [0.05, 0.1) is 11.0 Å². The van der Waals surface area contributed by atoms with E-state index < -0.39 is 0 Å². The fourth-order valence-corrected chi connectivity index (χ4v) is 1.19. The Hall–Kier alpha value is -1.55. The lowest BCUT2D eigenvalue weighted by molar-refractivity contribution is 0.320. The fourth-order valence-electron chi connectivity index (χ4n) is 1.10. The summed E-state index contributed by atoms with van der Waals surface area (Å²) in [5.74, 6) is 0.366. The smallest absolute Gasteiger partial charge is 0.210 e. The SMILES string of the molecule is O/N=C(/Cl)c1nc2ccccc2[nH]1. The summed E-state index contributed by atoms with van der Waals surface area (Å²) in [6.07, 6.45) is 0. The number of benzene rings is 1. The van der Waals surface area contributed by atoms with Crippen molar-refractivity contribution < 1.29 is 5.21 Å². The number of hydrogen-bond acceptors (Lipinski definition) is 3. The van der Waals surface area contributed by atoms with Crippen LogP contribution in [0.1, 0.15) is 5.82 Å². The number of hydrogen-bond donors (Lipinski definition) is 2. The van der Waals surface area contributed by atoms with E-state index in [1.54, 1.807) is 0 Å². The topological polar surface area (TPSA) is 61.3 Å². The minimum Gasteiger partial charge on any atom is -0.410 e. The Morgan fingerprint density at radius 1 is 1.46 bits per heavy atom. The molecule has 0 spiro atoms. The molecule has 0 aliphatic rings. The molecule has 66 valence electrons. The van der Waals surface area contributed by atoms with Crippen molar-refractivity contribution in [2.24, 2.45) is 5.16 Å². The number of rotatable bonds is 1. The lowest BCUT2D eigenvalue weighted by atomic mass is 10.3. The summed E-state index contributed by atoms with van der Waals surface area (Å²) in [6, 6.07) is 7.47. The molecule has 13 heavy (non-hydrogen) atoms. The maximum atomic E-state index is 8.41. The van der Waals surface area contributed by atoms with Crippen molar-refractivity contribution in [2.45, 2.75) is 0 Å². The van der Waals surface area contributed by atoms with Crippen molar-refractivity contribution in [2.75, 3.05) is 0 Å². The molecule has 0 radical (unpaired) electrons. The third kappa shape index (κ3) is 1.36. The average molecular weight is 196 g/mol. The molecule has 2 N–H and O–H groups in total. The number of nitrogens with zero attached hydrogens (tertiary/aromatic N) is 2. The van der Waals surface area contributed by atoms with Crippen LogP contribution in [-0.4, -0.2) is 20.3 Å². The van der Waals surface area contributed by atoms with E-state index in [0.717, 1.165) is 11.0 Å². The van der Waals surface area contributed by atoms with Crippen LogP contribution < -0.4 is 0 Å². The van der Waals surface area contributed by atoms with Gasteiger partial charge in [0.1, 0.15) is 0 Å². The zero-order valence-corrected chi connectivity index (χ0v) is 7.28. The van der Waals surface area contributed by atoms with Gasteiger partial charge in [0.2, 0.25) is 5.17 Å². The van der Waals surface area contributed by atoms with Gasteiger partial charge in [0.25, 0.3) is 0 Å². The maximum Gasteiger partial charge on any atom is 0.210 e.